The highest BCUT2D eigenvalue weighted by molar-refractivity contribution is 6.00. The lowest BCUT2D eigenvalue weighted by Crippen LogP contribution is -2.60. The quantitative estimate of drug-likeness (QED) is 0.142. The Morgan fingerprint density at radius 3 is 2.17 bits per heavy atom. The number of likely N-dealkylation sites (N-methyl/N-ethyl adjacent to an activating group) is 2. The lowest BCUT2D eigenvalue weighted by molar-refractivity contribution is -0.295. The number of nitrogens with zero attached hydrogens (tertiary/aromatic N) is 3. The fraction of sp³-hybridized carbons (Fsp3) is 0.912. The molecule has 2 saturated heterocycles. The van der Waals surface area contributed by atoms with Gasteiger partial charge in [0.1, 0.15) is 30.3 Å². The van der Waals surface area contributed by atoms with Crippen molar-refractivity contribution < 1.29 is 48.7 Å². The van der Waals surface area contributed by atoms with Crippen molar-refractivity contribution in [2.45, 2.75) is 129 Å². The van der Waals surface area contributed by atoms with Gasteiger partial charge in [-0.2, -0.15) is 0 Å². The SMILES string of the molecule is CC[C@H]1OC(=O)[C@H](C)C(=O)[C@H](C)[C@@H](O[C@@H]2O[C@H](C)C[C@H](N(C)C)[C@H]2O)[C@](C)(OC)C[C@@H](C)/C(=N\OCCN(C)C)[C@H](C)[C@@H](O)[C@]1(C)O. The van der Waals surface area contributed by atoms with Gasteiger partial charge in [-0.15, -0.1) is 0 Å². The lowest BCUT2D eigenvalue weighted by Gasteiger charge is -2.47. The highest BCUT2D eigenvalue weighted by atomic mass is 16.7. The summed E-state index contributed by atoms with van der Waals surface area (Å²) in [6.45, 7) is 14.5. The molecule has 2 fully saturated rings. The number of ether oxygens (including phenoxy) is 4. The largest absolute Gasteiger partial charge is 0.459 e. The summed E-state index contributed by atoms with van der Waals surface area (Å²) < 4.78 is 24.6. The minimum Gasteiger partial charge on any atom is -0.459 e. The van der Waals surface area contributed by atoms with Crippen molar-refractivity contribution in [3.63, 3.8) is 0 Å². The fourth-order valence-corrected chi connectivity index (χ4v) is 6.96. The van der Waals surface area contributed by atoms with Crippen LogP contribution in [0.5, 0.6) is 0 Å². The second kappa shape index (κ2) is 17.3. The maximum atomic E-state index is 14.0. The second-order valence-corrected chi connectivity index (χ2v) is 14.6. The first kappa shape index (κ1) is 41.5. The molecule has 0 aliphatic carbocycles. The summed E-state index contributed by atoms with van der Waals surface area (Å²) in [7, 11) is 9.10. The van der Waals surface area contributed by atoms with Crippen LogP contribution in [-0.2, 0) is 33.4 Å². The first-order valence-corrected chi connectivity index (χ1v) is 16.9. The van der Waals surface area contributed by atoms with Crippen LogP contribution in [0, 0.1) is 23.7 Å². The summed E-state index contributed by atoms with van der Waals surface area (Å²) >= 11 is 0. The van der Waals surface area contributed by atoms with E-state index in [4.69, 9.17) is 23.8 Å². The summed E-state index contributed by atoms with van der Waals surface area (Å²) in [5, 5.41) is 39.1. The lowest BCUT2D eigenvalue weighted by atomic mass is 9.74. The molecule has 0 amide bonds. The summed E-state index contributed by atoms with van der Waals surface area (Å²) in [4.78, 5) is 37.1. The summed E-state index contributed by atoms with van der Waals surface area (Å²) in [6.07, 6.45) is -4.84. The van der Waals surface area contributed by atoms with E-state index in [1.54, 1.807) is 20.8 Å². The van der Waals surface area contributed by atoms with E-state index in [1.165, 1.54) is 21.0 Å². The third kappa shape index (κ3) is 9.94. The van der Waals surface area contributed by atoms with Gasteiger partial charge in [-0.05, 0) is 75.1 Å². The van der Waals surface area contributed by atoms with Gasteiger partial charge in [0.15, 0.2) is 12.1 Å². The number of ketones is 1. The number of esters is 1. The Bertz CT molecular complexity index is 1060. The molecule has 0 spiro atoms. The Labute approximate surface area is 281 Å². The van der Waals surface area contributed by atoms with E-state index < -0.39 is 77.3 Å². The molecule has 0 aromatic carbocycles. The van der Waals surface area contributed by atoms with Gasteiger partial charge in [-0.1, -0.05) is 32.9 Å². The zero-order chi connectivity index (χ0) is 36.0. The maximum Gasteiger partial charge on any atom is 0.316 e. The number of aliphatic hydroxyl groups excluding tert-OH is 2. The minimum absolute atomic E-state index is 0.190. The molecule has 0 radical (unpaired) electrons. The van der Waals surface area contributed by atoms with Gasteiger partial charge in [0.25, 0.3) is 0 Å². The van der Waals surface area contributed by atoms with Crippen LogP contribution in [0.4, 0.5) is 0 Å². The van der Waals surface area contributed by atoms with Crippen LogP contribution in [0.15, 0.2) is 5.16 Å². The Morgan fingerprint density at radius 2 is 1.64 bits per heavy atom. The summed E-state index contributed by atoms with van der Waals surface area (Å²) in [5.41, 5.74) is -2.61. The van der Waals surface area contributed by atoms with Crippen LogP contribution in [-0.4, -0.2) is 145 Å². The van der Waals surface area contributed by atoms with Crippen LogP contribution < -0.4 is 0 Å². The molecule has 0 unspecified atom stereocenters. The second-order valence-electron chi connectivity index (χ2n) is 14.6. The van der Waals surface area contributed by atoms with Crippen molar-refractivity contribution >= 4 is 17.5 Å². The molecule has 2 rings (SSSR count). The van der Waals surface area contributed by atoms with Gasteiger partial charge in [0.05, 0.1) is 29.6 Å². The average Bonchev–Trinajstić information content (AvgIpc) is 3.00. The highest BCUT2D eigenvalue weighted by Gasteiger charge is 2.51. The van der Waals surface area contributed by atoms with E-state index >= 15 is 0 Å². The molecule has 0 aromatic heterocycles. The molecule has 274 valence electrons. The van der Waals surface area contributed by atoms with Crippen molar-refractivity contribution in [1.82, 2.24) is 9.80 Å². The van der Waals surface area contributed by atoms with Crippen LogP contribution in [0.3, 0.4) is 0 Å². The van der Waals surface area contributed by atoms with Crippen molar-refractivity contribution in [1.29, 1.82) is 0 Å². The van der Waals surface area contributed by atoms with E-state index in [9.17, 15) is 24.9 Å². The Kier molecular flexibility index (Phi) is 15.3. The van der Waals surface area contributed by atoms with Crippen molar-refractivity contribution in [2.75, 3.05) is 48.5 Å². The standard InChI is InChI=1S/C34H63N3O10/c1-14-25-34(8,42)29(40)21(4)26(35-44-16-15-36(9)10)19(2)18-33(7,43-13)30(22(5)27(38)23(6)31(41)46-25)47-32-28(39)24(37(11)12)17-20(3)45-32/h19-25,28-30,32,39-40,42H,14-18H2,1-13H3/b35-26+/t19-,20-,21+,22+,23-,24+,25-,28-,29-,30-,32+,33-,34-/m1/s1. The zero-order valence-electron chi connectivity index (χ0n) is 30.9. The Morgan fingerprint density at radius 1 is 1.02 bits per heavy atom. The Hall–Kier alpha value is -1.71. The molecule has 2 heterocycles. The normalized spacial score (nSPS) is 42.4. The molecule has 0 saturated carbocycles. The first-order chi connectivity index (χ1) is 21.7. The third-order valence-electron chi connectivity index (χ3n) is 10.1. The molecular weight excluding hydrogens is 610 g/mol. The number of hydrogen-bond acceptors (Lipinski definition) is 13. The third-order valence-corrected chi connectivity index (χ3v) is 10.1. The van der Waals surface area contributed by atoms with Gasteiger partial charge in [0.2, 0.25) is 0 Å². The number of aliphatic hydroxyl groups is 3. The molecule has 13 atom stereocenters. The molecular formula is C34H63N3O10. The molecule has 47 heavy (non-hydrogen) atoms. The van der Waals surface area contributed by atoms with Crippen LogP contribution in [0.2, 0.25) is 0 Å². The van der Waals surface area contributed by atoms with E-state index in [0.717, 1.165) is 0 Å². The van der Waals surface area contributed by atoms with E-state index in [-0.39, 0.29) is 31.6 Å². The fourth-order valence-electron chi connectivity index (χ4n) is 6.96. The monoisotopic (exact) mass is 673 g/mol. The topological polar surface area (TPSA) is 160 Å². The molecule has 2 aliphatic heterocycles. The number of oxime groups is 1. The number of hydrogen-bond donors (Lipinski definition) is 3. The van der Waals surface area contributed by atoms with Crippen molar-refractivity contribution in [3.05, 3.63) is 0 Å². The maximum absolute atomic E-state index is 14.0. The molecule has 2 aliphatic rings. The van der Waals surface area contributed by atoms with Gasteiger partial charge in [-0.25, -0.2) is 0 Å². The van der Waals surface area contributed by atoms with Crippen LogP contribution >= 0.6 is 0 Å². The molecule has 13 heteroatoms. The smallest absolute Gasteiger partial charge is 0.316 e. The summed E-state index contributed by atoms with van der Waals surface area (Å²) in [5.74, 6) is -4.57. The molecule has 3 N–H and O–H groups in total. The number of carbonyl (C=O) groups excluding carboxylic acids is 2. The molecule has 13 nitrogen and oxygen atoms in total. The number of rotatable bonds is 9. The van der Waals surface area contributed by atoms with Crippen LogP contribution in [0.25, 0.3) is 0 Å². The number of Topliss-reactive ketones (excluding diaryl/α,β-unsaturated/α-hetero) is 1. The first-order valence-electron chi connectivity index (χ1n) is 16.9. The van der Waals surface area contributed by atoms with E-state index in [0.29, 0.717) is 18.7 Å². The van der Waals surface area contributed by atoms with E-state index in [2.05, 4.69) is 5.16 Å². The number of carbonyl (C=O) groups is 2. The van der Waals surface area contributed by atoms with Crippen molar-refractivity contribution in [2.24, 2.45) is 28.8 Å². The van der Waals surface area contributed by atoms with Gasteiger partial charge in [-0.3, -0.25) is 9.59 Å². The minimum atomic E-state index is -1.88. The van der Waals surface area contributed by atoms with Crippen LogP contribution in [0.1, 0.15) is 74.7 Å². The predicted molar refractivity (Wildman–Crippen MR) is 178 cm³/mol. The van der Waals surface area contributed by atoms with Gasteiger partial charge < -0.3 is 48.9 Å². The number of methoxy groups -OCH3 is 1. The summed E-state index contributed by atoms with van der Waals surface area (Å²) in [6, 6.07) is -0.256. The molecule has 0 bridgehead atoms. The number of cyclic esters (lactones) is 1. The van der Waals surface area contributed by atoms with E-state index in [1.807, 2.05) is 58.8 Å². The Balaban J connectivity index is 2.71. The highest BCUT2D eigenvalue weighted by Crippen LogP contribution is 2.38. The zero-order valence-corrected chi connectivity index (χ0v) is 30.9. The van der Waals surface area contributed by atoms with Gasteiger partial charge in [0, 0.05) is 37.5 Å². The molecule has 0 aromatic rings. The average molecular weight is 674 g/mol. The van der Waals surface area contributed by atoms with Crippen molar-refractivity contribution in [3.8, 4) is 0 Å². The predicted octanol–water partition coefficient (Wildman–Crippen LogP) is 2.09. The van der Waals surface area contributed by atoms with Gasteiger partial charge >= 0.3 is 5.97 Å².